The molecule has 0 saturated carbocycles. The van der Waals surface area contributed by atoms with E-state index in [0.29, 0.717) is 10.0 Å². The van der Waals surface area contributed by atoms with E-state index in [1.165, 1.54) is 36.7 Å². The number of esters is 1. The molecule has 0 aromatic heterocycles. The van der Waals surface area contributed by atoms with E-state index in [1.807, 2.05) is 0 Å². The summed E-state index contributed by atoms with van der Waals surface area (Å²) in [4.78, 5) is 11.6. The number of hydrogen-bond donors (Lipinski definition) is 0. The third kappa shape index (κ3) is 2.80. The molecule has 1 aliphatic rings. The molecule has 0 spiro atoms. The summed E-state index contributed by atoms with van der Waals surface area (Å²) in [6.45, 7) is 0. The molecule has 1 aromatic rings. The fourth-order valence-corrected chi connectivity index (χ4v) is 2.55. The molecule has 0 aliphatic carbocycles. The Labute approximate surface area is 126 Å². The van der Waals surface area contributed by atoms with E-state index in [-0.39, 0.29) is 11.4 Å². The van der Waals surface area contributed by atoms with Gasteiger partial charge in [-0.25, -0.2) is 13.4 Å². The van der Waals surface area contributed by atoms with Gasteiger partial charge in [0, 0.05) is 12.6 Å². The first kappa shape index (κ1) is 14.9. The van der Waals surface area contributed by atoms with Crippen molar-refractivity contribution >= 4 is 38.8 Å². The van der Waals surface area contributed by atoms with E-state index >= 15 is 0 Å². The first-order valence-corrected chi connectivity index (χ1v) is 7.29. The molecular weight excluding hydrogens is 351 g/mol. The van der Waals surface area contributed by atoms with E-state index in [2.05, 4.69) is 25.1 Å². The van der Waals surface area contributed by atoms with Crippen molar-refractivity contribution in [3.63, 3.8) is 0 Å². The monoisotopic (exact) mass is 360 g/mol. The lowest BCUT2D eigenvalue weighted by Crippen LogP contribution is -2.30. The average Bonchev–Trinajstić information content (AvgIpc) is 2.44. The molecule has 1 aromatic carbocycles. The molecule has 0 radical (unpaired) electrons. The summed E-state index contributed by atoms with van der Waals surface area (Å²) in [6, 6.07) is 4.37. The number of methoxy groups -OCH3 is 1. The maximum Gasteiger partial charge on any atom is 0.355 e. The first-order chi connectivity index (χ1) is 9.43. The second-order valence-corrected chi connectivity index (χ2v) is 5.90. The van der Waals surface area contributed by atoms with Gasteiger partial charge in [0.1, 0.15) is 11.5 Å². The van der Waals surface area contributed by atoms with Gasteiger partial charge in [-0.1, -0.05) is 6.07 Å². The Hall–Kier alpha value is -1.54. The van der Waals surface area contributed by atoms with Crippen LogP contribution >= 0.6 is 15.9 Å². The molecule has 8 heteroatoms. The predicted octanol–water partition coefficient (Wildman–Crippen LogP) is 1.96. The number of hydrogen-bond acceptors (Lipinski definition) is 3. The Morgan fingerprint density at radius 3 is 2.80 bits per heavy atom. The standard InChI is InChI=1S/C12H10BrFN2O3S/c1-16-11(12(17)19-2)6-10(15-20(16)18)7-3-4-8(13)9(14)5-7/h3-6H,1-2H3. The highest BCUT2D eigenvalue weighted by Gasteiger charge is 2.25. The van der Waals surface area contributed by atoms with Gasteiger partial charge in [0.05, 0.1) is 17.3 Å². The van der Waals surface area contributed by atoms with Crippen LogP contribution in [0.4, 0.5) is 4.39 Å². The van der Waals surface area contributed by atoms with Crippen LogP contribution in [0.15, 0.2) is 38.8 Å². The zero-order chi connectivity index (χ0) is 14.9. The molecule has 0 bridgehead atoms. The van der Waals surface area contributed by atoms with Crippen molar-refractivity contribution in [3.8, 4) is 0 Å². The van der Waals surface area contributed by atoms with E-state index in [1.54, 1.807) is 6.07 Å². The van der Waals surface area contributed by atoms with Crippen molar-refractivity contribution in [2.45, 2.75) is 0 Å². The highest BCUT2D eigenvalue weighted by atomic mass is 79.9. The van der Waals surface area contributed by atoms with Crippen LogP contribution in [0.1, 0.15) is 5.56 Å². The number of carbonyl (C=O) groups excluding carboxylic acids is 1. The van der Waals surface area contributed by atoms with Crippen LogP contribution in [0.25, 0.3) is 0 Å². The van der Waals surface area contributed by atoms with Crippen molar-refractivity contribution in [3.05, 3.63) is 45.8 Å². The fraction of sp³-hybridized carbons (Fsp3) is 0.167. The Morgan fingerprint density at radius 1 is 1.50 bits per heavy atom. The van der Waals surface area contributed by atoms with Gasteiger partial charge in [-0.15, -0.1) is 0 Å². The normalized spacial score (nSPS) is 18.4. The van der Waals surface area contributed by atoms with Gasteiger partial charge in [-0.2, -0.15) is 4.40 Å². The number of rotatable bonds is 2. The summed E-state index contributed by atoms with van der Waals surface area (Å²) in [5, 5.41) is 0. The summed E-state index contributed by atoms with van der Waals surface area (Å²) in [5.74, 6) is -1.10. The van der Waals surface area contributed by atoms with Gasteiger partial charge in [-0.05, 0) is 34.1 Å². The van der Waals surface area contributed by atoms with E-state index < -0.39 is 23.0 Å². The molecule has 0 N–H and O–H groups in total. The van der Waals surface area contributed by atoms with Gasteiger partial charge >= 0.3 is 5.97 Å². The number of halogens is 2. The number of likely N-dealkylation sites (N-methyl/N-ethyl adjacent to an activating group) is 1. The molecular formula is C12H10BrFN2O3S. The largest absolute Gasteiger partial charge is 0.464 e. The molecule has 2 rings (SSSR count). The summed E-state index contributed by atoms with van der Waals surface area (Å²) in [6.07, 6.45) is 1.41. The van der Waals surface area contributed by atoms with Crippen molar-refractivity contribution in [2.75, 3.05) is 14.2 Å². The van der Waals surface area contributed by atoms with Crippen LogP contribution in [-0.2, 0) is 20.7 Å². The minimum atomic E-state index is -1.76. The topological polar surface area (TPSA) is 59.0 Å². The molecule has 1 unspecified atom stereocenters. The lowest BCUT2D eigenvalue weighted by molar-refractivity contribution is -0.137. The van der Waals surface area contributed by atoms with Crippen LogP contribution in [0.5, 0.6) is 0 Å². The highest BCUT2D eigenvalue weighted by molar-refractivity contribution is 9.10. The van der Waals surface area contributed by atoms with E-state index in [4.69, 9.17) is 0 Å². The Bertz CT molecular complexity index is 660. The SMILES string of the molecule is COC(=O)C1=CC(c2ccc(Br)c(F)c2)=NS(=O)N1C. The maximum absolute atomic E-state index is 13.5. The third-order valence-corrected chi connectivity index (χ3v) is 4.29. The lowest BCUT2D eigenvalue weighted by atomic mass is 10.1. The van der Waals surface area contributed by atoms with Crippen LogP contribution < -0.4 is 0 Å². The fourth-order valence-electron chi connectivity index (χ4n) is 1.56. The highest BCUT2D eigenvalue weighted by Crippen LogP contribution is 2.21. The zero-order valence-corrected chi connectivity index (χ0v) is 13.0. The van der Waals surface area contributed by atoms with Crippen molar-refractivity contribution in [2.24, 2.45) is 4.40 Å². The van der Waals surface area contributed by atoms with E-state index in [0.717, 1.165) is 0 Å². The van der Waals surface area contributed by atoms with Crippen LogP contribution in [0.3, 0.4) is 0 Å². The average molecular weight is 361 g/mol. The number of ether oxygens (including phenoxy) is 1. The molecule has 0 saturated heterocycles. The molecule has 20 heavy (non-hydrogen) atoms. The Morgan fingerprint density at radius 2 is 2.20 bits per heavy atom. The van der Waals surface area contributed by atoms with Crippen LogP contribution in [0, 0.1) is 5.82 Å². The number of allylic oxidation sites excluding steroid dienone is 1. The minimum absolute atomic E-state index is 0.0964. The van der Waals surface area contributed by atoms with Gasteiger partial charge in [0.15, 0.2) is 0 Å². The summed E-state index contributed by atoms with van der Waals surface area (Å²) < 4.78 is 35.4. The van der Waals surface area contributed by atoms with Crippen LogP contribution in [-0.4, -0.2) is 34.4 Å². The molecule has 1 heterocycles. The first-order valence-electron chi connectivity index (χ1n) is 5.44. The Kier molecular flexibility index (Phi) is 4.34. The molecule has 0 amide bonds. The molecule has 5 nitrogen and oxygen atoms in total. The summed E-state index contributed by atoms with van der Waals surface area (Å²) in [5.41, 5.74) is 0.779. The number of carbonyl (C=O) groups is 1. The van der Waals surface area contributed by atoms with Gasteiger partial charge in [0.25, 0.3) is 0 Å². The third-order valence-electron chi connectivity index (χ3n) is 2.63. The van der Waals surface area contributed by atoms with Gasteiger partial charge in [-0.3, -0.25) is 4.31 Å². The van der Waals surface area contributed by atoms with Crippen molar-refractivity contribution in [1.29, 1.82) is 0 Å². The van der Waals surface area contributed by atoms with Gasteiger partial charge in [0.2, 0.25) is 11.2 Å². The van der Waals surface area contributed by atoms with Crippen molar-refractivity contribution < 1.29 is 18.1 Å². The zero-order valence-electron chi connectivity index (χ0n) is 10.6. The second-order valence-electron chi connectivity index (χ2n) is 3.85. The van der Waals surface area contributed by atoms with Crippen molar-refractivity contribution in [1.82, 2.24) is 4.31 Å². The number of benzene rings is 1. The van der Waals surface area contributed by atoms with Crippen LogP contribution in [0.2, 0.25) is 0 Å². The summed E-state index contributed by atoms with van der Waals surface area (Å²) in [7, 11) is 2.69. The lowest BCUT2D eigenvalue weighted by Gasteiger charge is -2.21. The predicted molar refractivity (Wildman–Crippen MR) is 76.6 cm³/mol. The van der Waals surface area contributed by atoms with E-state index in [9.17, 15) is 13.4 Å². The summed E-state index contributed by atoms with van der Waals surface area (Å²) >= 11 is 1.29. The minimum Gasteiger partial charge on any atom is -0.464 e. The molecule has 1 atom stereocenters. The molecule has 1 aliphatic heterocycles. The maximum atomic E-state index is 13.5. The van der Waals surface area contributed by atoms with Gasteiger partial charge < -0.3 is 4.74 Å². The Balaban J connectivity index is 2.48. The second kappa shape index (κ2) is 5.84. The molecule has 106 valence electrons. The number of nitrogens with zero attached hydrogens (tertiary/aromatic N) is 2. The molecule has 0 fully saturated rings. The quantitative estimate of drug-likeness (QED) is 0.757. The smallest absolute Gasteiger partial charge is 0.355 e.